The van der Waals surface area contributed by atoms with E-state index in [4.69, 9.17) is 31.2 Å². The highest BCUT2D eigenvalue weighted by Crippen LogP contribution is 2.33. The monoisotopic (exact) mass is 473 g/mol. The zero-order valence-corrected chi connectivity index (χ0v) is 19.8. The normalized spacial score (nSPS) is 11.7. The molecule has 0 spiro atoms. The fourth-order valence-corrected chi connectivity index (χ4v) is 4.26. The molecule has 0 bridgehead atoms. The molecule has 10 heteroatoms. The molecule has 2 N–H and O–H groups in total. The summed E-state index contributed by atoms with van der Waals surface area (Å²) in [6.07, 6.45) is -0.458. The smallest absolute Gasteiger partial charge is 0.407 e. The van der Waals surface area contributed by atoms with E-state index in [1.165, 1.54) is 11.3 Å². The summed E-state index contributed by atoms with van der Waals surface area (Å²) in [6.45, 7) is 6.32. The highest BCUT2D eigenvalue weighted by molar-refractivity contribution is 7.20. The third kappa shape index (κ3) is 4.89. The lowest BCUT2D eigenvalue weighted by molar-refractivity contribution is 0.0530. The number of methoxy groups -OCH3 is 1. The topological polar surface area (TPSA) is 90.3 Å². The van der Waals surface area contributed by atoms with Gasteiger partial charge in [0.15, 0.2) is 0 Å². The number of benzene rings is 2. The van der Waals surface area contributed by atoms with Gasteiger partial charge in [0.05, 0.1) is 22.8 Å². The molecule has 0 unspecified atom stereocenters. The second kappa shape index (κ2) is 8.84. The van der Waals surface area contributed by atoms with E-state index >= 15 is 0 Å². The second-order valence-corrected chi connectivity index (χ2v) is 9.55. The predicted molar refractivity (Wildman–Crippen MR) is 129 cm³/mol. The first kappa shape index (κ1) is 22.2. The van der Waals surface area contributed by atoms with Crippen LogP contribution in [0, 0.1) is 0 Å². The van der Waals surface area contributed by atoms with Gasteiger partial charge in [0.25, 0.3) is 0 Å². The van der Waals surface area contributed by atoms with Gasteiger partial charge in [0.2, 0.25) is 5.13 Å². The Balaban J connectivity index is 1.61. The Morgan fingerprint density at radius 1 is 1.16 bits per heavy atom. The van der Waals surface area contributed by atoms with Crippen molar-refractivity contribution in [2.75, 3.05) is 25.5 Å². The number of aromatic nitrogens is 3. The van der Waals surface area contributed by atoms with Gasteiger partial charge in [-0.15, -0.1) is 0 Å². The van der Waals surface area contributed by atoms with Crippen LogP contribution in [0.1, 0.15) is 20.8 Å². The van der Waals surface area contributed by atoms with Gasteiger partial charge in [-0.2, -0.15) is 9.78 Å². The van der Waals surface area contributed by atoms with Gasteiger partial charge in [0, 0.05) is 23.5 Å². The summed E-state index contributed by atoms with van der Waals surface area (Å²) in [5.41, 5.74) is 1.10. The Morgan fingerprint density at radius 3 is 2.69 bits per heavy atom. The lowest BCUT2D eigenvalue weighted by Crippen LogP contribution is -2.35. The van der Waals surface area contributed by atoms with Crippen LogP contribution in [-0.4, -0.2) is 46.7 Å². The molecular formula is C22H24ClN5O3S. The fraction of sp³-hybridized carbons (Fsp3) is 0.318. The fourth-order valence-electron chi connectivity index (χ4n) is 3.14. The molecule has 0 fully saturated rings. The minimum absolute atomic E-state index is 0.374. The average molecular weight is 474 g/mol. The van der Waals surface area contributed by atoms with Gasteiger partial charge >= 0.3 is 6.09 Å². The SMILES string of the molecule is COc1ccc2nc(-n3nc4ccc(Cl)cc4c3NCCNC(=O)OC(C)(C)C)sc2c1. The van der Waals surface area contributed by atoms with Crippen LogP contribution in [0.4, 0.5) is 10.6 Å². The number of carbonyl (C=O) groups excluding carboxylic acids is 1. The molecule has 4 aromatic rings. The number of hydrogen-bond acceptors (Lipinski definition) is 7. The Labute approximate surface area is 194 Å². The number of rotatable bonds is 6. The Hall–Kier alpha value is -3.04. The van der Waals surface area contributed by atoms with Crippen LogP contribution < -0.4 is 15.4 Å². The summed E-state index contributed by atoms with van der Waals surface area (Å²) in [7, 11) is 1.64. The van der Waals surface area contributed by atoms with Crippen molar-refractivity contribution < 1.29 is 14.3 Å². The van der Waals surface area contributed by atoms with Crippen LogP contribution in [0.25, 0.3) is 26.3 Å². The van der Waals surface area contributed by atoms with Crippen molar-refractivity contribution in [3.05, 3.63) is 41.4 Å². The zero-order valence-electron chi connectivity index (χ0n) is 18.2. The maximum Gasteiger partial charge on any atom is 0.407 e. The van der Waals surface area contributed by atoms with Crippen LogP contribution in [0.3, 0.4) is 0 Å². The number of alkyl carbamates (subject to hydrolysis) is 1. The molecule has 0 atom stereocenters. The number of nitrogens with zero attached hydrogens (tertiary/aromatic N) is 3. The molecule has 8 nitrogen and oxygen atoms in total. The first-order valence-electron chi connectivity index (χ1n) is 10.1. The molecule has 0 radical (unpaired) electrons. The van der Waals surface area contributed by atoms with Crippen molar-refractivity contribution in [2.24, 2.45) is 0 Å². The molecule has 4 rings (SSSR count). The lowest BCUT2D eigenvalue weighted by Gasteiger charge is -2.19. The third-order valence-corrected chi connectivity index (χ3v) is 5.71. The standard InChI is InChI=1S/C22H24ClN5O3S/c1-22(2,3)31-21(29)25-10-9-24-19-15-11-13(23)5-7-16(15)27-28(19)20-26-17-8-6-14(30-4)12-18(17)32-20/h5-8,11-12,24H,9-10H2,1-4H3,(H,25,29). The van der Waals surface area contributed by atoms with E-state index in [0.717, 1.165) is 32.7 Å². The maximum atomic E-state index is 11.9. The number of ether oxygens (including phenoxy) is 2. The zero-order chi connectivity index (χ0) is 22.9. The number of anilines is 1. The van der Waals surface area contributed by atoms with Gasteiger partial charge < -0.3 is 20.1 Å². The van der Waals surface area contributed by atoms with E-state index in [-0.39, 0.29) is 0 Å². The quantitative estimate of drug-likeness (QED) is 0.372. The summed E-state index contributed by atoms with van der Waals surface area (Å²) in [6, 6.07) is 11.3. The molecule has 0 aliphatic carbocycles. The van der Waals surface area contributed by atoms with Crippen LogP contribution in [0.15, 0.2) is 36.4 Å². The minimum Gasteiger partial charge on any atom is -0.497 e. The summed E-state index contributed by atoms with van der Waals surface area (Å²) >= 11 is 7.75. The van der Waals surface area contributed by atoms with E-state index in [1.54, 1.807) is 17.9 Å². The Kier molecular flexibility index (Phi) is 6.12. The molecule has 2 aromatic heterocycles. The summed E-state index contributed by atoms with van der Waals surface area (Å²) in [5.74, 6) is 1.52. The number of carbonyl (C=O) groups is 1. The van der Waals surface area contributed by atoms with Gasteiger partial charge in [-0.3, -0.25) is 0 Å². The molecular weight excluding hydrogens is 450 g/mol. The number of fused-ring (bicyclic) bond motifs is 2. The van der Waals surface area contributed by atoms with Crippen LogP contribution in [0.2, 0.25) is 5.02 Å². The van der Waals surface area contributed by atoms with Crippen molar-refractivity contribution in [2.45, 2.75) is 26.4 Å². The molecule has 0 aliphatic heterocycles. The van der Waals surface area contributed by atoms with E-state index in [9.17, 15) is 4.79 Å². The van der Waals surface area contributed by atoms with Crippen LogP contribution >= 0.6 is 22.9 Å². The summed E-state index contributed by atoms with van der Waals surface area (Å²) < 4.78 is 13.4. The number of amides is 1. The molecule has 32 heavy (non-hydrogen) atoms. The molecule has 0 aliphatic rings. The van der Waals surface area contributed by atoms with Crippen molar-refractivity contribution in [3.8, 4) is 10.9 Å². The van der Waals surface area contributed by atoms with E-state index in [2.05, 4.69) is 10.6 Å². The molecule has 2 aromatic carbocycles. The third-order valence-electron chi connectivity index (χ3n) is 4.48. The maximum absolute atomic E-state index is 11.9. The largest absolute Gasteiger partial charge is 0.497 e. The summed E-state index contributed by atoms with van der Waals surface area (Å²) in [4.78, 5) is 16.6. The Morgan fingerprint density at radius 2 is 1.94 bits per heavy atom. The molecule has 2 heterocycles. The first-order chi connectivity index (χ1) is 15.2. The predicted octanol–water partition coefficient (Wildman–Crippen LogP) is 5.23. The number of halogens is 1. The van der Waals surface area contributed by atoms with Gasteiger partial charge in [0.1, 0.15) is 17.2 Å². The molecule has 1 amide bonds. The van der Waals surface area contributed by atoms with E-state index in [1.807, 2.05) is 51.1 Å². The molecule has 0 saturated carbocycles. The number of thiazole rings is 1. The highest BCUT2D eigenvalue weighted by atomic mass is 35.5. The van der Waals surface area contributed by atoms with Crippen molar-refractivity contribution in [1.82, 2.24) is 20.1 Å². The van der Waals surface area contributed by atoms with Gasteiger partial charge in [-0.1, -0.05) is 22.9 Å². The summed E-state index contributed by atoms with van der Waals surface area (Å²) in [5, 5.41) is 13.0. The van der Waals surface area contributed by atoms with Gasteiger partial charge in [-0.25, -0.2) is 9.78 Å². The van der Waals surface area contributed by atoms with Gasteiger partial charge in [-0.05, 0) is 57.2 Å². The second-order valence-electron chi connectivity index (χ2n) is 8.11. The number of hydrogen-bond donors (Lipinski definition) is 2. The van der Waals surface area contributed by atoms with Crippen molar-refractivity contribution in [1.29, 1.82) is 0 Å². The van der Waals surface area contributed by atoms with Crippen LogP contribution in [-0.2, 0) is 4.74 Å². The van der Waals surface area contributed by atoms with E-state index < -0.39 is 11.7 Å². The van der Waals surface area contributed by atoms with Crippen LogP contribution in [0.5, 0.6) is 5.75 Å². The van der Waals surface area contributed by atoms with Crippen molar-refractivity contribution in [3.63, 3.8) is 0 Å². The number of nitrogens with one attached hydrogen (secondary N) is 2. The van der Waals surface area contributed by atoms with Crippen molar-refractivity contribution >= 4 is 56.0 Å². The molecule has 0 saturated heterocycles. The average Bonchev–Trinajstić information content (AvgIpc) is 3.30. The lowest BCUT2D eigenvalue weighted by atomic mass is 10.2. The molecule has 168 valence electrons. The minimum atomic E-state index is -0.543. The first-order valence-corrected chi connectivity index (χ1v) is 11.3. The highest BCUT2D eigenvalue weighted by Gasteiger charge is 2.18. The Bertz CT molecular complexity index is 1280. The van der Waals surface area contributed by atoms with E-state index in [0.29, 0.717) is 23.2 Å².